The number of hydrogen-bond donors (Lipinski definition) is 3. The molecule has 84 valence electrons. The Kier molecular flexibility index (Phi) is 3.12. The van der Waals surface area contributed by atoms with Crippen LogP contribution in [0.1, 0.15) is 12.8 Å². The lowest BCUT2D eigenvalue weighted by Crippen LogP contribution is -2.20. The number of nitrogens with one attached hydrogen (secondary N) is 1. The van der Waals surface area contributed by atoms with E-state index in [0.29, 0.717) is 11.4 Å². The predicted octanol–water partition coefficient (Wildman–Crippen LogP) is 0.383. The molecule has 0 spiro atoms. The van der Waals surface area contributed by atoms with Gasteiger partial charge < -0.3 is 20.0 Å². The molecule has 0 heterocycles. The van der Waals surface area contributed by atoms with Crippen molar-refractivity contribution in [2.75, 3.05) is 5.32 Å². The van der Waals surface area contributed by atoms with Crippen LogP contribution in [0.2, 0.25) is 0 Å². The quantitative estimate of drug-likeness (QED) is 0.642. The highest BCUT2D eigenvalue weighted by Gasteiger charge is 2.29. The van der Waals surface area contributed by atoms with Crippen molar-refractivity contribution in [3.05, 3.63) is 24.3 Å². The van der Waals surface area contributed by atoms with E-state index in [2.05, 4.69) is 9.97 Å². The van der Waals surface area contributed by atoms with E-state index in [4.69, 9.17) is 10.0 Å². The number of hydrogen-bond acceptors (Lipinski definition) is 4. The summed E-state index contributed by atoms with van der Waals surface area (Å²) in [5, 5.41) is 20.0. The Morgan fingerprint density at radius 3 is 2.81 bits per heavy atom. The van der Waals surface area contributed by atoms with Crippen LogP contribution in [0.15, 0.2) is 24.3 Å². The second-order valence-corrected chi connectivity index (χ2v) is 3.74. The van der Waals surface area contributed by atoms with E-state index in [1.807, 2.05) is 0 Å². The van der Waals surface area contributed by atoms with Gasteiger partial charge in [-0.25, -0.2) is 0 Å². The molecule has 1 amide bonds. The fourth-order valence-corrected chi connectivity index (χ4v) is 1.36. The molecule has 1 aromatic rings. The fourth-order valence-electron chi connectivity index (χ4n) is 1.36. The zero-order chi connectivity index (χ0) is 11.5. The summed E-state index contributed by atoms with van der Waals surface area (Å²) in [7, 11) is -1.85. The lowest BCUT2D eigenvalue weighted by molar-refractivity contribution is -0.117. The molecule has 1 aliphatic carbocycles. The molecule has 1 fully saturated rings. The first kappa shape index (κ1) is 11.0. The van der Waals surface area contributed by atoms with Gasteiger partial charge in [-0.05, 0) is 25.0 Å². The minimum Gasteiger partial charge on any atom is -0.512 e. The average molecular weight is 221 g/mol. The van der Waals surface area contributed by atoms with E-state index < -0.39 is 7.32 Å². The van der Waals surface area contributed by atoms with Gasteiger partial charge in [0.2, 0.25) is 5.91 Å². The maximum absolute atomic E-state index is 11.5. The topological polar surface area (TPSA) is 78.8 Å². The molecule has 16 heavy (non-hydrogen) atoms. The van der Waals surface area contributed by atoms with Crippen molar-refractivity contribution in [1.82, 2.24) is 0 Å². The average Bonchev–Trinajstić information content (AvgIpc) is 2.99. The Labute approximate surface area is 93.2 Å². The molecule has 1 aliphatic rings. The van der Waals surface area contributed by atoms with Crippen LogP contribution in [-0.2, 0) is 4.79 Å². The highest BCUT2D eigenvalue weighted by Crippen LogP contribution is 2.30. The van der Waals surface area contributed by atoms with Crippen molar-refractivity contribution in [2.45, 2.75) is 12.8 Å². The SMILES string of the molecule is O=C(Nc1cccc(OB(O)O)c1)C1CC1. The van der Waals surface area contributed by atoms with Gasteiger partial charge in [0.15, 0.2) is 0 Å². The monoisotopic (exact) mass is 221 g/mol. The first-order chi connectivity index (χ1) is 7.65. The molecule has 1 aromatic carbocycles. The molecule has 0 radical (unpaired) electrons. The largest absolute Gasteiger partial charge is 0.707 e. The standard InChI is InChI=1S/C10H12BNO4/c13-10(7-4-5-7)12-8-2-1-3-9(6-8)16-11(14)15/h1-3,6-7,14-15H,4-5H2,(H,12,13). The number of anilines is 1. The van der Waals surface area contributed by atoms with Crippen molar-refractivity contribution < 1.29 is 19.5 Å². The number of amides is 1. The molecule has 0 aromatic heterocycles. The van der Waals surface area contributed by atoms with Gasteiger partial charge in [0, 0.05) is 17.7 Å². The van der Waals surface area contributed by atoms with Crippen LogP contribution in [0.4, 0.5) is 5.69 Å². The molecule has 1 saturated carbocycles. The molecule has 0 saturated heterocycles. The zero-order valence-electron chi connectivity index (χ0n) is 8.59. The Morgan fingerprint density at radius 2 is 2.19 bits per heavy atom. The van der Waals surface area contributed by atoms with Crippen LogP contribution in [0.25, 0.3) is 0 Å². The molecule has 6 heteroatoms. The molecule has 3 N–H and O–H groups in total. The van der Waals surface area contributed by atoms with Crippen LogP contribution >= 0.6 is 0 Å². The summed E-state index contributed by atoms with van der Waals surface area (Å²) >= 11 is 0. The third kappa shape index (κ3) is 2.98. The van der Waals surface area contributed by atoms with Gasteiger partial charge in [0.25, 0.3) is 0 Å². The molecular weight excluding hydrogens is 209 g/mol. The van der Waals surface area contributed by atoms with Crippen molar-refractivity contribution >= 4 is 18.9 Å². The minimum absolute atomic E-state index is 0.00157. The van der Waals surface area contributed by atoms with E-state index in [0.717, 1.165) is 12.8 Å². The van der Waals surface area contributed by atoms with E-state index in [9.17, 15) is 4.79 Å². The molecule has 0 bridgehead atoms. The van der Waals surface area contributed by atoms with Crippen LogP contribution in [0, 0.1) is 5.92 Å². The molecule has 0 aliphatic heterocycles. The van der Waals surface area contributed by atoms with Gasteiger partial charge >= 0.3 is 7.32 Å². The van der Waals surface area contributed by atoms with Crippen molar-refractivity contribution in [1.29, 1.82) is 0 Å². The maximum Gasteiger partial charge on any atom is 0.707 e. The molecular formula is C10H12BNO4. The van der Waals surface area contributed by atoms with Gasteiger partial charge in [0.1, 0.15) is 5.75 Å². The van der Waals surface area contributed by atoms with E-state index in [1.54, 1.807) is 24.3 Å². The van der Waals surface area contributed by atoms with E-state index in [-0.39, 0.29) is 11.8 Å². The summed E-state index contributed by atoms with van der Waals surface area (Å²) in [6.07, 6.45) is 1.88. The lowest BCUT2D eigenvalue weighted by Gasteiger charge is -2.08. The van der Waals surface area contributed by atoms with Crippen LogP contribution in [-0.4, -0.2) is 23.3 Å². The Hall–Kier alpha value is -1.53. The van der Waals surface area contributed by atoms with Gasteiger partial charge in [-0.15, -0.1) is 0 Å². The third-order valence-corrected chi connectivity index (χ3v) is 2.29. The van der Waals surface area contributed by atoms with Crippen molar-refractivity contribution in [2.24, 2.45) is 5.92 Å². The lowest BCUT2D eigenvalue weighted by atomic mass is 10.2. The fraction of sp³-hybridized carbons (Fsp3) is 0.300. The third-order valence-electron chi connectivity index (χ3n) is 2.29. The van der Waals surface area contributed by atoms with Gasteiger partial charge in [-0.3, -0.25) is 4.79 Å². The highest BCUT2D eigenvalue weighted by molar-refractivity contribution is 6.33. The number of rotatable bonds is 4. The maximum atomic E-state index is 11.5. The molecule has 0 unspecified atom stereocenters. The molecule has 0 atom stereocenters. The second kappa shape index (κ2) is 4.55. The highest BCUT2D eigenvalue weighted by atomic mass is 16.6. The van der Waals surface area contributed by atoms with Crippen LogP contribution in [0.3, 0.4) is 0 Å². The van der Waals surface area contributed by atoms with E-state index in [1.165, 1.54) is 0 Å². The van der Waals surface area contributed by atoms with Crippen LogP contribution < -0.4 is 9.97 Å². The van der Waals surface area contributed by atoms with E-state index >= 15 is 0 Å². The number of carbonyl (C=O) groups excluding carboxylic acids is 1. The molecule has 2 rings (SSSR count). The zero-order valence-corrected chi connectivity index (χ0v) is 8.59. The summed E-state index contributed by atoms with van der Waals surface area (Å²) in [6.45, 7) is 0. The Balaban J connectivity index is 2.00. The summed E-state index contributed by atoms with van der Waals surface area (Å²) in [4.78, 5) is 11.5. The molecule has 5 nitrogen and oxygen atoms in total. The van der Waals surface area contributed by atoms with Gasteiger partial charge in [0.05, 0.1) is 0 Å². The normalized spacial score (nSPS) is 14.4. The number of benzene rings is 1. The first-order valence-electron chi connectivity index (χ1n) is 5.09. The summed E-state index contributed by atoms with van der Waals surface area (Å²) in [6, 6.07) is 6.50. The smallest absolute Gasteiger partial charge is 0.512 e. The first-order valence-corrected chi connectivity index (χ1v) is 5.09. The number of carbonyl (C=O) groups is 1. The Bertz CT molecular complexity index is 392. The van der Waals surface area contributed by atoms with Crippen molar-refractivity contribution in [3.63, 3.8) is 0 Å². The van der Waals surface area contributed by atoms with Gasteiger partial charge in [-0.2, -0.15) is 0 Å². The Morgan fingerprint density at radius 1 is 1.44 bits per heavy atom. The van der Waals surface area contributed by atoms with Crippen LogP contribution in [0.5, 0.6) is 5.75 Å². The summed E-state index contributed by atoms with van der Waals surface area (Å²) in [5.74, 6) is 0.429. The summed E-state index contributed by atoms with van der Waals surface area (Å²) in [5.41, 5.74) is 0.593. The predicted molar refractivity (Wildman–Crippen MR) is 58.6 cm³/mol. The second-order valence-electron chi connectivity index (χ2n) is 3.74. The van der Waals surface area contributed by atoms with Crippen molar-refractivity contribution in [3.8, 4) is 5.75 Å². The minimum atomic E-state index is -1.85. The van der Waals surface area contributed by atoms with Gasteiger partial charge in [-0.1, -0.05) is 6.07 Å². The summed E-state index contributed by atoms with van der Waals surface area (Å²) < 4.78 is 4.67.